The minimum atomic E-state index is -0.910. The highest BCUT2D eigenvalue weighted by molar-refractivity contribution is 5.92. The number of carbonyl (C=O) groups is 2. The van der Waals surface area contributed by atoms with Gasteiger partial charge >= 0.3 is 12.0 Å². The average molecular weight is 490 g/mol. The van der Waals surface area contributed by atoms with Gasteiger partial charge in [-0.15, -0.1) is 0 Å². The Labute approximate surface area is 206 Å². The van der Waals surface area contributed by atoms with E-state index in [-0.39, 0.29) is 12.2 Å². The normalized spacial score (nSPS) is 11.4. The molecule has 2 aromatic carbocycles. The first-order chi connectivity index (χ1) is 17.4. The summed E-state index contributed by atoms with van der Waals surface area (Å²) in [6, 6.07) is 16.6. The number of nitrogens with one attached hydrogen (secondary N) is 3. The molecule has 36 heavy (non-hydrogen) atoms. The van der Waals surface area contributed by atoms with Gasteiger partial charge in [-0.25, -0.2) is 23.9 Å². The summed E-state index contributed by atoms with van der Waals surface area (Å²) >= 11 is 0. The van der Waals surface area contributed by atoms with E-state index in [2.05, 4.69) is 25.6 Å². The van der Waals surface area contributed by atoms with Crippen LogP contribution in [-0.4, -0.2) is 40.1 Å². The molecule has 0 fully saturated rings. The maximum atomic E-state index is 13.1. The SMILES string of the molecule is COC(=O)C(Cc1cnc(C)[nH]1)NC(=O)Nc1cccc(-c2ccc(Oc3ccc(F)cc3)cc2)n1. The topological polar surface area (TPSA) is 118 Å². The Bertz CT molecular complexity index is 1340. The van der Waals surface area contributed by atoms with Gasteiger partial charge in [-0.05, 0) is 67.6 Å². The van der Waals surface area contributed by atoms with Gasteiger partial charge in [0, 0.05) is 23.9 Å². The first-order valence-corrected chi connectivity index (χ1v) is 11.1. The number of amides is 2. The molecule has 0 spiro atoms. The third-order valence-electron chi connectivity index (χ3n) is 5.16. The minimum Gasteiger partial charge on any atom is -0.467 e. The molecule has 0 saturated heterocycles. The highest BCUT2D eigenvalue weighted by Crippen LogP contribution is 2.25. The van der Waals surface area contributed by atoms with Crippen LogP contribution in [0.1, 0.15) is 11.5 Å². The Morgan fingerprint density at radius 2 is 1.72 bits per heavy atom. The molecular weight excluding hydrogens is 465 g/mol. The summed E-state index contributed by atoms with van der Waals surface area (Å²) < 4.78 is 23.6. The molecule has 184 valence electrons. The fourth-order valence-electron chi connectivity index (χ4n) is 3.44. The lowest BCUT2D eigenvalue weighted by molar-refractivity contribution is -0.142. The van der Waals surface area contributed by atoms with Crippen LogP contribution in [0.4, 0.5) is 15.0 Å². The van der Waals surface area contributed by atoms with Crippen LogP contribution in [0.2, 0.25) is 0 Å². The maximum Gasteiger partial charge on any atom is 0.328 e. The molecule has 1 atom stereocenters. The van der Waals surface area contributed by atoms with Crippen molar-refractivity contribution in [3.8, 4) is 22.8 Å². The van der Waals surface area contributed by atoms with Crippen molar-refractivity contribution in [3.05, 3.63) is 90.3 Å². The summed E-state index contributed by atoms with van der Waals surface area (Å²) in [5, 5.41) is 5.27. The van der Waals surface area contributed by atoms with Gasteiger partial charge in [-0.1, -0.05) is 6.07 Å². The summed E-state index contributed by atoms with van der Waals surface area (Å²) in [6.45, 7) is 1.79. The molecule has 9 nitrogen and oxygen atoms in total. The number of ether oxygens (including phenoxy) is 2. The number of esters is 1. The van der Waals surface area contributed by atoms with E-state index in [0.717, 1.165) is 5.56 Å². The molecule has 4 aromatic rings. The lowest BCUT2D eigenvalue weighted by Gasteiger charge is -2.16. The number of imidazole rings is 1. The van der Waals surface area contributed by atoms with Crippen molar-refractivity contribution in [2.24, 2.45) is 0 Å². The summed E-state index contributed by atoms with van der Waals surface area (Å²) in [7, 11) is 1.26. The van der Waals surface area contributed by atoms with E-state index in [0.29, 0.717) is 34.5 Å². The Balaban J connectivity index is 1.40. The molecule has 0 aliphatic carbocycles. The molecule has 1 unspecified atom stereocenters. The summed E-state index contributed by atoms with van der Waals surface area (Å²) in [4.78, 5) is 36.4. The highest BCUT2D eigenvalue weighted by Gasteiger charge is 2.23. The molecule has 0 bridgehead atoms. The first kappa shape index (κ1) is 24.4. The second kappa shape index (κ2) is 11.1. The predicted octanol–water partition coefficient (Wildman–Crippen LogP) is 4.62. The number of nitrogens with zero attached hydrogens (tertiary/aromatic N) is 2. The number of pyridine rings is 1. The molecule has 10 heteroatoms. The molecule has 0 aliphatic heterocycles. The Morgan fingerprint density at radius 3 is 2.36 bits per heavy atom. The molecule has 0 aliphatic rings. The number of aryl methyl sites for hydroxylation is 1. The number of aromatic nitrogens is 3. The van der Waals surface area contributed by atoms with Gasteiger partial charge in [0.05, 0.1) is 12.8 Å². The zero-order valence-electron chi connectivity index (χ0n) is 19.6. The highest BCUT2D eigenvalue weighted by atomic mass is 19.1. The van der Waals surface area contributed by atoms with Crippen LogP contribution in [0.5, 0.6) is 11.5 Å². The van der Waals surface area contributed by atoms with Crippen molar-refractivity contribution >= 4 is 17.8 Å². The third-order valence-corrected chi connectivity index (χ3v) is 5.16. The minimum absolute atomic E-state index is 0.195. The van der Waals surface area contributed by atoms with E-state index in [9.17, 15) is 14.0 Å². The lowest BCUT2D eigenvalue weighted by atomic mass is 10.1. The summed E-state index contributed by atoms with van der Waals surface area (Å²) in [5.41, 5.74) is 2.11. The molecular formula is C26H24FN5O4. The first-order valence-electron chi connectivity index (χ1n) is 11.1. The number of hydrogen-bond acceptors (Lipinski definition) is 6. The number of aromatic amines is 1. The van der Waals surface area contributed by atoms with Crippen molar-refractivity contribution in [2.75, 3.05) is 12.4 Å². The van der Waals surface area contributed by atoms with Gasteiger partial charge in [-0.2, -0.15) is 0 Å². The second-order valence-electron chi connectivity index (χ2n) is 7.86. The van der Waals surface area contributed by atoms with E-state index in [1.54, 1.807) is 55.6 Å². The lowest BCUT2D eigenvalue weighted by Crippen LogP contribution is -2.45. The number of urea groups is 1. The van der Waals surface area contributed by atoms with E-state index in [1.807, 2.05) is 12.1 Å². The standard InChI is InChI=1S/C26H24FN5O4/c1-16-28-15-19(29-16)14-23(25(33)35-2)31-26(34)32-24-5-3-4-22(30-24)17-6-10-20(11-7-17)36-21-12-8-18(27)9-13-21/h3-13,15,23H,14H2,1-2H3,(H,28,29)(H2,30,31,32,34). The number of methoxy groups -OCH3 is 1. The van der Waals surface area contributed by atoms with Gasteiger partial charge in [0.15, 0.2) is 0 Å². The Hall–Kier alpha value is -4.73. The number of rotatable bonds is 8. The number of carbonyl (C=O) groups excluding carboxylic acids is 2. The fraction of sp³-hybridized carbons (Fsp3) is 0.154. The molecule has 0 saturated carbocycles. The van der Waals surface area contributed by atoms with Crippen LogP contribution >= 0.6 is 0 Å². The van der Waals surface area contributed by atoms with Crippen LogP contribution in [0.15, 0.2) is 72.9 Å². The maximum absolute atomic E-state index is 13.1. The average Bonchev–Trinajstić information content (AvgIpc) is 3.29. The zero-order chi connectivity index (χ0) is 25.5. The van der Waals surface area contributed by atoms with Gasteiger partial charge in [0.25, 0.3) is 0 Å². The quantitative estimate of drug-likeness (QED) is 0.311. The van der Waals surface area contributed by atoms with Gasteiger partial charge in [0.2, 0.25) is 0 Å². The summed E-state index contributed by atoms with van der Waals surface area (Å²) in [6.07, 6.45) is 1.80. The van der Waals surface area contributed by atoms with Crippen molar-refractivity contribution in [1.82, 2.24) is 20.3 Å². The number of hydrogen-bond donors (Lipinski definition) is 3. The molecule has 4 rings (SSSR count). The number of H-pyrrole nitrogens is 1. The zero-order valence-corrected chi connectivity index (χ0v) is 19.6. The van der Waals surface area contributed by atoms with E-state index in [1.165, 1.54) is 19.2 Å². The largest absolute Gasteiger partial charge is 0.467 e. The van der Waals surface area contributed by atoms with Crippen LogP contribution in [0.25, 0.3) is 11.3 Å². The van der Waals surface area contributed by atoms with Gasteiger partial charge in [0.1, 0.15) is 35.0 Å². The number of benzene rings is 2. The van der Waals surface area contributed by atoms with Crippen LogP contribution in [-0.2, 0) is 16.0 Å². The smallest absolute Gasteiger partial charge is 0.328 e. The van der Waals surface area contributed by atoms with Crippen LogP contribution in [0, 0.1) is 12.7 Å². The second-order valence-corrected chi connectivity index (χ2v) is 7.86. The van der Waals surface area contributed by atoms with Crippen molar-refractivity contribution in [3.63, 3.8) is 0 Å². The molecule has 2 aromatic heterocycles. The Morgan fingerprint density at radius 1 is 1.03 bits per heavy atom. The molecule has 0 radical (unpaired) electrons. The fourth-order valence-corrected chi connectivity index (χ4v) is 3.44. The van der Waals surface area contributed by atoms with Crippen molar-refractivity contribution in [2.45, 2.75) is 19.4 Å². The number of halogens is 1. The van der Waals surface area contributed by atoms with E-state index >= 15 is 0 Å². The van der Waals surface area contributed by atoms with Crippen LogP contribution < -0.4 is 15.4 Å². The van der Waals surface area contributed by atoms with Gasteiger partial charge in [-0.3, -0.25) is 5.32 Å². The van der Waals surface area contributed by atoms with Gasteiger partial charge < -0.3 is 19.8 Å². The van der Waals surface area contributed by atoms with E-state index in [4.69, 9.17) is 9.47 Å². The monoisotopic (exact) mass is 489 g/mol. The predicted molar refractivity (Wildman–Crippen MR) is 131 cm³/mol. The molecule has 2 amide bonds. The van der Waals surface area contributed by atoms with Crippen LogP contribution in [0.3, 0.4) is 0 Å². The number of anilines is 1. The van der Waals surface area contributed by atoms with E-state index < -0.39 is 18.0 Å². The third kappa shape index (κ3) is 6.44. The molecule has 3 N–H and O–H groups in total. The molecule has 2 heterocycles. The van der Waals surface area contributed by atoms with Crippen molar-refractivity contribution in [1.29, 1.82) is 0 Å². The summed E-state index contributed by atoms with van der Waals surface area (Å²) in [5.74, 6) is 1.20. The Kier molecular flexibility index (Phi) is 7.54. The van der Waals surface area contributed by atoms with Crippen molar-refractivity contribution < 1.29 is 23.5 Å².